The number of amides is 1. The molecule has 3 nitrogen and oxygen atoms in total. The predicted octanol–water partition coefficient (Wildman–Crippen LogP) is 2.26. The first kappa shape index (κ1) is 14.1. The highest BCUT2D eigenvalue weighted by Crippen LogP contribution is 2.36. The standard InChI is InChI=1S/C15H19NO2S/c1-11(12-5-6-12)10-16-15(18)14-8-7-13(19-14)4-2-3-9-17/h7-8,11-12,17H,3,5-6,9-10H2,1H3,(H,16,18). The second kappa shape index (κ2) is 6.74. The van der Waals surface area contributed by atoms with E-state index >= 15 is 0 Å². The Labute approximate surface area is 118 Å². The molecule has 1 aliphatic carbocycles. The molecule has 1 aromatic rings. The zero-order valence-corrected chi connectivity index (χ0v) is 11.9. The summed E-state index contributed by atoms with van der Waals surface area (Å²) >= 11 is 1.40. The fraction of sp³-hybridized carbons (Fsp3) is 0.533. The molecule has 4 heteroatoms. The molecule has 2 rings (SSSR count). The van der Waals surface area contributed by atoms with E-state index in [1.54, 1.807) is 0 Å². The van der Waals surface area contributed by atoms with Crippen molar-refractivity contribution in [1.82, 2.24) is 5.32 Å². The third-order valence-corrected chi connectivity index (χ3v) is 4.29. The van der Waals surface area contributed by atoms with Crippen LogP contribution in [0.3, 0.4) is 0 Å². The summed E-state index contributed by atoms with van der Waals surface area (Å²) < 4.78 is 0. The van der Waals surface area contributed by atoms with E-state index < -0.39 is 0 Å². The van der Waals surface area contributed by atoms with E-state index in [2.05, 4.69) is 24.1 Å². The average molecular weight is 277 g/mol. The van der Waals surface area contributed by atoms with Crippen molar-refractivity contribution in [2.24, 2.45) is 11.8 Å². The molecule has 1 amide bonds. The predicted molar refractivity (Wildman–Crippen MR) is 77.1 cm³/mol. The summed E-state index contributed by atoms with van der Waals surface area (Å²) in [5.41, 5.74) is 0. The number of thiophene rings is 1. The van der Waals surface area contributed by atoms with Crippen LogP contribution in [-0.4, -0.2) is 24.2 Å². The number of hydrogen-bond acceptors (Lipinski definition) is 3. The van der Waals surface area contributed by atoms with Gasteiger partial charge in [0.15, 0.2) is 0 Å². The molecule has 0 spiro atoms. The van der Waals surface area contributed by atoms with Crippen molar-refractivity contribution < 1.29 is 9.90 Å². The van der Waals surface area contributed by atoms with Crippen LogP contribution in [0.5, 0.6) is 0 Å². The second-order valence-corrected chi connectivity index (χ2v) is 6.05. The Morgan fingerprint density at radius 2 is 2.37 bits per heavy atom. The molecule has 1 heterocycles. The van der Waals surface area contributed by atoms with Gasteiger partial charge in [0, 0.05) is 13.0 Å². The lowest BCUT2D eigenvalue weighted by atomic mass is 10.1. The molecule has 1 unspecified atom stereocenters. The molecule has 0 radical (unpaired) electrons. The Kier molecular flexibility index (Phi) is 5.00. The summed E-state index contributed by atoms with van der Waals surface area (Å²) in [6.45, 7) is 3.02. The van der Waals surface area contributed by atoms with Crippen molar-refractivity contribution in [2.45, 2.75) is 26.2 Å². The molecule has 1 aromatic heterocycles. The fourth-order valence-corrected chi connectivity index (χ4v) is 2.70. The lowest BCUT2D eigenvalue weighted by Crippen LogP contribution is -2.28. The summed E-state index contributed by atoms with van der Waals surface area (Å²) in [5.74, 6) is 7.18. The van der Waals surface area contributed by atoms with Gasteiger partial charge in [0.25, 0.3) is 5.91 Å². The topological polar surface area (TPSA) is 49.3 Å². The summed E-state index contributed by atoms with van der Waals surface area (Å²) in [6.07, 6.45) is 3.08. The number of carbonyl (C=O) groups is 1. The quantitative estimate of drug-likeness (QED) is 0.811. The molecule has 1 aliphatic rings. The molecule has 0 aliphatic heterocycles. The van der Waals surface area contributed by atoms with E-state index in [4.69, 9.17) is 5.11 Å². The van der Waals surface area contributed by atoms with Crippen LogP contribution in [0.15, 0.2) is 12.1 Å². The summed E-state index contributed by atoms with van der Waals surface area (Å²) in [4.78, 5) is 13.5. The van der Waals surface area contributed by atoms with Crippen molar-refractivity contribution >= 4 is 17.2 Å². The van der Waals surface area contributed by atoms with E-state index in [1.807, 2.05) is 12.1 Å². The maximum atomic E-state index is 11.9. The van der Waals surface area contributed by atoms with E-state index in [1.165, 1.54) is 24.2 Å². The highest BCUT2D eigenvalue weighted by Gasteiger charge is 2.27. The first-order chi connectivity index (χ1) is 9.20. The van der Waals surface area contributed by atoms with Gasteiger partial charge in [0.2, 0.25) is 0 Å². The molecule has 1 atom stereocenters. The van der Waals surface area contributed by atoms with Gasteiger partial charge in [0.1, 0.15) is 0 Å². The highest BCUT2D eigenvalue weighted by atomic mass is 32.1. The van der Waals surface area contributed by atoms with Gasteiger partial charge in [-0.25, -0.2) is 0 Å². The molecule has 0 bridgehead atoms. The van der Waals surface area contributed by atoms with Crippen LogP contribution in [-0.2, 0) is 0 Å². The van der Waals surface area contributed by atoms with Gasteiger partial charge in [0.05, 0.1) is 16.4 Å². The maximum absolute atomic E-state index is 11.9. The summed E-state index contributed by atoms with van der Waals surface area (Å²) in [7, 11) is 0. The molecule has 1 fully saturated rings. The first-order valence-corrected chi connectivity index (χ1v) is 7.50. The van der Waals surface area contributed by atoms with Crippen molar-refractivity contribution in [3.63, 3.8) is 0 Å². The number of carbonyl (C=O) groups excluding carboxylic acids is 1. The lowest BCUT2D eigenvalue weighted by Gasteiger charge is -2.10. The monoisotopic (exact) mass is 277 g/mol. The van der Waals surface area contributed by atoms with Crippen LogP contribution in [0.4, 0.5) is 0 Å². The minimum Gasteiger partial charge on any atom is -0.395 e. The van der Waals surface area contributed by atoms with Crippen LogP contribution >= 0.6 is 11.3 Å². The minimum absolute atomic E-state index is 0.00675. The smallest absolute Gasteiger partial charge is 0.261 e. The SMILES string of the molecule is CC(CNC(=O)c1ccc(C#CCCO)s1)C1CC1. The van der Waals surface area contributed by atoms with Gasteiger partial charge in [-0.1, -0.05) is 18.8 Å². The first-order valence-electron chi connectivity index (χ1n) is 6.68. The third-order valence-electron chi connectivity index (χ3n) is 3.29. The molecule has 0 aromatic carbocycles. The normalized spacial score (nSPS) is 15.5. The zero-order valence-electron chi connectivity index (χ0n) is 11.1. The van der Waals surface area contributed by atoms with Gasteiger partial charge < -0.3 is 10.4 Å². The van der Waals surface area contributed by atoms with Crippen LogP contribution in [0.2, 0.25) is 0 Å². The molecule has 19 heavy (non-hydrogen) atoms. The lowest BCUT2D eigenvalue weighted by molar-refractivity contribution is 0.0951. The number of rotatable bonds is 5. The Hall–Kier alpha value is -1.31. The molecule has 102 valence electrons. The van der Waals surface area contributed by atoms with E-state index in [-0.39, 0.29) is 12.5 Å². The van der Waals surface area contributed by atoms with Crippen molar-refractivity contribution in [3.05, 3.63) is 21.9 Å². The zero-order chi connectivity index (χ0) is 13.7. The molecule has 0 saturated heterocycles. The molecule has 1 saturated carbocycles. The van der Waals surface area contributed by atoms with Crippen molar-refractivity contribution in [2.75, 3.05) is 13.2 Å². The third kappa shape index (κ3) is 4.38. The average Bonchev–Trinajstić information content (AvgIpc) is 3.16. The van der Waals surface area contributed by atoms with Gasteiger partial charge in [-0.15, -0.1) is 11.3 Å². The van der Waals surface area contributed by atoms with Crippen LogP contribution in [0.25, 0.3) is 0 Å². The Morgan fingerprint density at radius 3 is 3.05 bits per heavy atom. The van der Waals surface area contributed by atoms with Crippen molar-refractivity contribution in [1.29, 1.82) is 0 Å². The van der Waals surface area contributed by atoms with Gasteiger partial charge >= 0.3 is 0 Å². The Morgan fingerprint density at radius 1 is 1.58 bits per heavy atom. The van der Waals surface area contributed by atoms with Crippen LogP contribution in [0, 0.1) is 23.7 Å². The number of nitrogens with one attached hydrogen (secondary N) is 1. The largest absolute Gasteiger partial charge is 0.395 e. The molecular weight excluding hydrogens is 258 g/mol. The van der Waals surface area contributed by atoms with Gasteiger partial charge in [-0.3, -0.25) is 4.79 Å². The highest BCUT2D eigenvalue weighted by molar-refractivity contribution is 7.14. The van der Waals surface area contributed by atoms with Crippen LogP contribution in [0.1, 0.15) is 40.7 Å². The summed E-state index contributed by atoms with van der Waals surface area (Å²) in [6, 6.07) is 3.67. The summed E-state index contributed by atoms with van der Waals surface area (Å²) in [5, 5.41) is 11.6. The van der Waals surface area contributed by atoms with E-state index in [0.29, 0.717) is 17.2 Å². The number of aliphatic hydroxyl groups excluding tert-OH is 1. The minimum atomic E-state index is -0.00675. The van der Waals surface area contributed by atoms with E-state index in [0.717, 1.165) is 17.3 Å². The number of aliphatic hydroxyl groups is 1. The molecule has 2 N–H and O–H groups in total. The number of hydrogen-bond donors (Lipinski definition) is 2. The van der Waals surface area contributed by atoms with Gasteiger partial charge in [-0.05, 0) is 36.8 Å². The van der Waals surface area contributed by atoms with E-state index in [9.17, 15) is 4.79 Å². The Bertz CT molecular complexity index is 494. The van der Waals surface area contributed by atoms with Crippen molar-refractivity contribution in [3.8, 4) is 11.8 Å². The maximum Gasteiger partial charge on any atom is 0.261 e. The second-order valence-electron chi connectivity index (χ2n) is 4.96. The fourth-order valence-electron chi connectivity index (χ4n) is 1.91. The van der Waals surface area contributed by atoms with Gasteiger partial charge in [-0.2, -0.15) is 0 Å². The van der Waals surface area contributed by atoms with Crippen LogP contribution < -0.4 is 5.32 Å². The molecular formula is C15H19NO2S. The Balaban J connectivity index is 1.83.